The lowest BCUT2D eigenvalue weighted by atomic mass is 10.2. The maximum atomic E-state index is 13.3. The number of hydrogen-bond donors (Lipinski definition) is 0. The van der Waals surface area contributed by atoms with Crippen molar-refractivity contribution in [2.24, 2.45) is 0 Å². The van der Waals surface area contributed by atoms with Crippen LogP contribution in [0.15, 0.2) is 40.8 Å². The molecule has 0 aliphatic carbocycles. The summed E-state index contributed by atoms with van der Waals surface area (Å²) >= 11 is 12.0. The zero-order valence-corrected chi connectivity index (χ0v) is 14.8. The molecule has 0 bridgehead atoms. The number of oxazole rings is 1. The van der Waals surface area contributed by atoms with Crippen LogP contribution in [0.25, 0.3) is 22.6 Å². The summed E-state index contributed by atoms with van der Waals surface area (Å²) in [6.45, 7) is -0.529. The van der Waals surface area contributed by atoms with Gasteiger partial charge in [-0.3, -0.25) is 4.79 Å². The second-order valence-corrected chi connectivity index (χ2v) is 7.07. The predicted molar refractivity (Wildman–Crippen MR) is 94.9 cm³/mol. The molecule has 8 heteroatoms. The summed E-state index contributed by atoms with van der Waals surface area (Å²) in [5.74, 6) is -2.97. The standard InChI is InChI=1S/C18H12Cl2F2N2O2/c19-12-5-11(6-13(20)8-12)16-23-14-2-1-10(7-15(14)26-16)17(25)24-4-3-18(21,22)9-24/h1-2,5-8H,3-4,9H2. The van der Waals surface area contributed by atoms with Crippen molar-refractivity contribution in [3.8, 4) is 11.5 Å². The van der Waals surface area contributed by atoms with Crippen LogP contribution in [0.1, 0.15) is 16.8 Å². The highest BCUT2D eigenvalue weighted by molar-refractivity contribution is 6.35. The van der Waals surface area contributed by atoms with Gasteiger partial charge in [0.05, 0.1) is 6.54 Å². The van der Waals surface area contributed by atoms with Crippen molar-refractivity contribution < 1.29 is 18.0 Å². The van der Waals surface area contributed by atoms with Crippen LogP contribution in [0.5, 0.6) is 0 Å². The highest BCUT2D eigenvalue weighted by Gasteiger charge is 2.40. The van der Waals surface area contributed by atoms with E-state index < -0.39 is 18.4 Å². The number of alkyl halides is 2. The molecular formula is C18H12Cl2F2N2O2. The molecule has 2 aromatic carbocycles. The van der Waals surface area contributed by atoms with E-state index in [1.165, 1.54) is 6.07 Å². The van der Waals surface area contributed by atoms with Crippen molar-refractivity contribution in [2.45, 2.75) is 12.3 Å². The number of carbonyl (C=O) groups is 1. The van der Waals surface area contributed by atoms with Crippen LogP contribution in [-0.4, -0.2) is 34.8 Å². The summed E-state index contributed by atoms with van der Waals surface area (Å²) in [6, 6.07) is 9.61. The minimum Gasteiger partial charge on any atom is -0.436 e. The molecule has 0 atom stereocenters. The normalized spacial score (nSPS) is 16.4. The molecule has 1 saturated heterocycles. The number of likely N-dealkylation sites (tertiary alicyclic amines) is 1. The van der Waals surface area contributed by atoms with E-state index in [2.05, 4.69) is 4.98 Å². The largest absolute Gasteiger partial charge is 0.436 e. The Morgan fingerprint density at radius 3 is 2.54 bits per heavy atom. The molecule has 0 N–H and O–H groups in total. The molecule has 0 unspecified atom stereocenters. The number of fused-ring (bicyclic) bond motifs is 1. The second-order valence-electron chi connectivity index (χ2n) is 6.19. The van der Waals surface area contributed by atoms with Crippen molar-refractivity contribution in [1.29, 1.82) is 0 Å². The number of hydrogen-bond acceptors (Lipinski definition) is 3. The van der Waals surface area contributed by atoms with E-state index in [-0.39, 0.29) is 18.5 Å². The van der Waals surface area contributed by atoms with E-state index in [0.29, 0.717) is 32.6 Å². The lowest BCUT2D eigenvalue weighted by Gasteiger charge is -2.15. The van der Waals surface area contributed by atoms with E-state index >= 15 is 0 Å². The fraction of sp³-hybridized carbons (Fsp3) is 0.222. The summed E-state index contributed by atoms with van der Waals surface area (Å²) in [4.78, 5) is 17.9. The van der Waals surface area contributed by atoms with Gasteiger partial charge in [-0.25, -0.2) is 13.8 Å². The minimum absolute atomic E-state index is 0.0343. The van der Waals surface area contributed by atoms with Gasteiger partial charge in [0.2, 0.25) is 5.89 Å². The summed E-state index contributed by atoms with van der Waals surface area (Å²) in [7, 11) is 0. The van der Waals surface area contributed by atoms with Gasteiger partial charge < -0.3 is 9.32 Å². The Kier molecular flexibility index (Phi) is 4.12. The molecule has 1 amide bonds. The Balaban J connectivity index is 1.67. The molecule has 1 aliphatic rings. The average Bonchev–Trinajstić information content (AvgIpc) is 3.15. The zero-order valence-electron chi connectivity index (χ0n) is 13.3. The fourth-order valence-electron chi connectivity index (χ4n) is 2.95. The molecule has 134 valence electrons. The van der Waals surface area contributed by atoms with Gasteiger partial charge in [0.1, 0.15) is 5.52 Å². The molecule has 1 aromatic heterocycles. The summed E-state index contributed by atoms with van der Waals surface area (Å²) in [5, 5.41) is 0.890. The van der Waals surface area contributed by atoms with Gasteiger partial charge in [-0.15, -0.1) is 0 Å². The molecule has 26 heavy (non-hydrogen) atoms. The lowest BCUT2D eigenvalue weighted by Crippen LogP contribution is -2.31. The number of rotatable bonds is 2. The summed E-state index contributed by atoms with van der Waals surface area (Å²) in [5.41, 5.74) is 1.81. The molecule has 0 spiro atoms. The van der Waals surface area contributed by atoms with E-state index in [1.807, 2.05) is 0 Å². The number of amides is 1. The Morgan fingerprint density at radius 1 is 1.15 bits per heavy atom. The topological polar surface area (TPSA) is 46.3 Å². The van der Waals surface area contributed by atoms with Crippen LogP contribution in [0, 0.1) is 0 Å². The Labute approximate surface area is 157 Å². The summed E-state index contributed by atoms with van der Waals surface area (Å²) < 4.78 is 32.4. The van der Waals surface area contributed by atoms with Crippen LogP contribution < -0.4 is 0 Å². The maximum absolute atomic E-state index is 13.3. The van der Waals surface area contributed by atoms with E-state index in [4.69, 9.17) is 27.6 Å². The molecule has 3 aromatic rings. The molecule has 1 aliphatic heterocycles. The van der Waals surface area contributed by atoms with Gasteiger partial charge in [0.25, 0.3) is 11.8 Å². The Morgan fingerprint density at radius 2 is 1.88 bits per heavy atom. The van der Waals surface area contributed by atoms with Crippen LogP contribution in [0.2, 0.25) is 10.0 Å². The molecule has 1 fully saturated rings. The zero-order chi connectivity index (χ0) is 18.5. The highest BCUT2D eigenvalue weighted by Crippen LogP contribution is 2.31. The van der Waals surface area contributed by atoms with Crippen molar-refractivity contribution in [3.05, 3.63) is 52.0 Å². The molecule has 4 nitrogen and oxygen atoms in total. The third-order valence-corrected chi connectivity index (χ3v) is 4.64. The molecular weight excluding hydrogens is 385 g/mol. The number of aromatic nitrogens is 1. The van der Waals surface area contributed by atoms with E-state index in [1.54, 1.807) is 30.3 Å². The average molecular weight is 397 g/mol. The van der Waals surface area contributed by atoms with Crippen LogP contribution in [-0.2, 0) is 0 Å². The first-order valence-corrected chi connectivity index (χ1v) is 8.60. The van der Waals surface area contributed by atoms with Gasteiger partial charge in [0.15, 0.2) is 5.58 Å². The van der Waals surface area contributed by atoms with Gasteiger partial charge >= 0.3 is 0 Å². The highest BCUT2D eigenvalue weighted by atomic mass is 35.5. The number of benzene rings is 2. The van der Waals surface area contributed by atoms with Crippen molar-refractivity contribution in [2.75, 3.05) is 13.1 Å². The molecule has 2 heterocycles. The van der Waals surface area contributed by atoms with Crippen LogP contribution >= 0.6 is 23.2 Å². The van der Waals surface area contributed by atoms with E-state index in [0.717, 1.165) is 4.90 Å². The minimum atomic E-state index is -2.83. The SMILES string of the molecule is O=C(c1ccc2nc(-c3cc(Cl)cc(Cl)c3)oc2c1)N1CCC(F)(F)C1. The second kappa shape index (κ2) is 6.21. The first-order chi connectivity index (χ1) is 12.3. The third kappa shape index (κ3) is 3.27. The van der Waals surface area contributed by atoms with Gasteiger partial charge in [0, 0.05) is 34.1 Å². The van der Waals surface area contributed by atoms with Crippen molar-refractivity contribution in [3.63, 3.8) is 0 Å². The number of carbonyl (C=O) groups excluding carboxylic acids is 1. The molecule has 0 radical (unpaired) electrons. The number of nitrogens with zero attached hydrogens (tertiary/aromatic N) is 2. The molecule has 4 rings (SSSR count). The number of halogens is 4. The van der Waals surface area contributed by atoms with Crippen LogP contribution in [0.3, 0.4) is 0 Å². The smallest absolute Gasteiger partial charge is 0.267 e. The third-order valence-electron chi connectivity index (χ3n) is 4.20. The maximum Gasteiger partial charge on any atom is 0.267 e. The Bertz CT molecular complexity index is 999. The predicted octanol–water partition coefficient (Wildman–Crippen LogP) is 5.28. The monoisotopic (exact) mass is 396 g/mol. The van der Waals surface area contributed by atoms with Gasteiger partial charge in [-0.05, 0) is 36.4 Å². The van der Waals surface area contributed by atoms with Crippen molar-refractivity contribution >= 4 is 40.2 Å². The van der Waals surface area contributed by atoms with E-state index in [9.17, 15) is 13.6 Å². The first kappa shape index (κ1) is 17.2. The quantitative estimate of drug-likeness (QED) is 0.591. The van der Waals surface area contributed by atoms with Gasteiger partial charge in [-0.1, -0.05) is 23.2 Å². The fourth-order valence-corrected chi connectivity index (χ4v) is 3.48. The summed E-state index contributed by atoms with van der Waals surface area (Å²) in [6.07, 6.45) is -0.317. The van der Waals surface area contributed by atoms with Crippen molar-refractivity contribution in [1.82, 2.24) is 9.88 Å². The molecule has 0 saturated carbocycles. The lowest BCUT2D eigenvalue weighted by molar-refractivity contribution is 0.0120. The Hall–Kier alpha value is -2.18. The first-order valence-electron chi connectivity index (χ1n) is 7.85. The van der Waals surface area contributed by atoms with Crippen LogP contribution in [0.4, 0.5) is 8.78 Å². The van der Waals surface area contributed by atoms with Gasteiger partial charge in [-0.2, -0.15) is 0 Å².